The highest BCUT2D eigenvalue weighted by atomic mass is 35.5. The number of amides is 1. The van der Waals surface area contributed by atoms with E-state index in [1.807, 2.05) is 34.9 Å². The maximum Gasteiger partial charge on any atom is 0.239 e. The molecule has 1 aliphatic heterocycles. The van der Waals surface area contributed by atoms with E-state index in [4.69, 9.17) is 23.2 Å². The number of para-hydroxylation sites is 1. The standard InChI is InChI=1S/C21H21Cl2N5O/c1-3-26(4-2)13-20-25-24-19-12-21(29)27(16-8-6-5-7-15(16)23)18-11-14(22)9-10-17(18)28(19)20/h5-11H,3-4,12-13H2,1-2H3. The molecule has 0 saturated carbocycles. The normalized spacial score (nSPS) is 13.4. The van der Waals surface area contributed by atoms with Crippen LogP contribution in [0.3, 0.4) is 0 Å². The van der Waals surface area contributed by atoms with E-state index in [0.717, 1.165) is 24.6 Å². The zero-order valence-electron chi connectivity index (χ0n) is 16.3. The third-order valence-corrected chi connectivity index (χ3v) is 5.68. The van der Waals surface area contributed by atoms with E-state index in [0.29, 0.717) is 33.8 Å². The number of hydrogen-bond acceptors (Lipinski definition) is 4. The van der Waals surface area contributed by atoms with Crippen molar-refractivity contribution in [2.24, 2.45) is 0 Å². The first-order valence-electron chi connectivity index (χ1n) is 9.56. The number of carbonyl (C=O) groups is 1. The minimum absolute atomic E-state index is 0.114. The lowest BCUT2D eigenvalue weighted by atomic mass is 10.2. The molecule has 1 aliphatic rings. The third kappa shape index (κ3) is 3.64. The molecule has 150 valence electrons. The molecule has 0 radical (unpaired) electrons. The lowest BCUT2D eigenvalue weighted by molar-refractivity contribution is -0.117. The minimum Gasteiger partial charge on any atom is -0.296 e. The molecule has 2 aromatic carbocycles. The van der Waals surface area contributed by atoms with E-state index in [1.54, 1.807) is 17.0 Å². The highest BCUT2D eigenvalue weighted by Crippen LogP contribution is 2.39. The molecule has 8 heteroatoms. The minimum atomic E-state index is -0.137. The van der Waals surface area contributed by atoms with Crippen LogP contribution in [0.25, 0.3) is 5.69 Å². The Hall–Kier alpha value is -2.41. The Kier molecular flexibility index (Phi) is 5.58. The monoisotopic (exact) mass is 429 g/mol. The van der Waals surface area contributed by atoms with Gasteiger partial charge in [0, 0.05) is 5.02 Å². The Labute approximate surface area is 179 Å². The van der Waals surface area contributed by atoms with Gasteiger partial charge in [-0.1, -0.05) is 49.2 Å². The van der Waals surface area contributed by atoms with Gasteiger partial charge in [-0.25, -0.2) is 0 Å². The van der Waals surface area contributed by atoms with Gasteiger partial charge in [0.05, 0.1) is 35.1 Å². The van der Waals surface area contributed by atoms with Crippen LogP contribution < -0.4 is 4.90 Å². The fourth-order valence-corrected chi connectivity index (χ4v) is 3.99. The number of carbonyl (C=O) groups excluding carboxylic acids is 1. The predicted molar refractivity (Wildman–Crippen MR) is 115 cm³/mol. The van der Waals surface area contributed by atoms with Crippen molar-refractivity contribution in [1.82, 2.24) is 19.7 Å². The fraction of sp³-hybridized carbons (Fsp3) is 0.286. The Morgan fingerprint density at radius 2 is 1.76 bits per heavy atom. The second-order valence-corrected chi connectivity index (χ2v) is 7.66. The molecule has 6 nitrogen and oxygen atoms in total. The molecule has 0 saturated heterocycles. The van der Waals surface area contributed by atoms with Crippen LogP contribution in [0.5, 0.6) is 0 Å². The van der Waals surface area contributed by atoms with Crippen molar-refractivity contribution in [2.45, 2.75) is 26.8 Å². The first-order chi connectivity index (χ1) is 14.0. The molecule has 0 fully saturated rings. The van der Waals surface area contributed by atoms with Crippen molar-refractivity contribution in [3.8, 4) is 5.69 Å². The molecule has 0 atom stereocenters. The van der Waals surface area contributed by atoms with Crippen LogP contribution in [-0.4, -0.2) is 38.7 Å². The molecular formula is C21H21Cl2N5O. The van der Waals surface area contributed by atoms with Crippen LogP contribution in [0, 0.1) is 0 Å². The fourth-order valence-electron chi connectivity index (χ4n) is 3.61. The lowest BCUT2D eigenvalue weighted by Gasteiger charge is -2.25. The Morgan fingerprint density at radius 1 is 1.00 bits per heavy atom. The van der Waals surface area contributed by atoms with Crippen molar-refractivity contribution in [3.05, 3.63) is 64.2 Å². The zero-order chi connectivity index (χ0) is 20.5. The summed E-state index contributed by atoms with van der Waals surface area (Å²) in [4.78, 5) is 17.2. The number of fused-ring (bicyclic) bond motifs is 3. The average molecular weight is 430 g/mol. The summed E-state index contributed by atoms with van der Waals surface area (Å²) < 4.78 is 1.97. The molecule has 0 unspecified atom stereocenters. The molecule has 0 N–H and O–H groups in total. The van der Waals surface area contributed by atoms with Gasteiger partial charge in [0.1, 0.15) is 5.82 Å². The van der Waals surface area contributed by atoms with E-state index in [-0.39, 0.29) is 12.3 Å². The Balaban J connectivity index is 1.92. The molecule has 4 rings (SSSR count). The molecule has 0 aliphatic carbocycles. The number of aromatic nitrogens is 3. The summed E-state index contributed by atoms with van der Waals surface area (Å²) in [5.74, 6) is 1.26. The Bertz CT molecular complexity index is 1060. The van der Waals surface area contributed by atoms with Gasteiger partial charge >= 0.3 is 0 Å². The van der Waals surface area contributed by atoms with Gasteiger partial charge in [-0.15, -0.1) is 10.2 Å². The van der Waals surface area contributed by atoms with E-state index < -0.39 is 0 Å². The third-order valence-electron chi connectivity index (χ3n) is 5.13. The van der Waals surface area contributed by atoms with Gasteiger partial charge < -0.3 is 0 Å². The summed E-state index contributed by atoms with van der Waals surface area (Å²) in [6.45, 7) is 6.66. The molecule has 3 aromatic rings. The first-order valence-corrected chi connectivity index (χ1v) is 10.3. The van der Waals surface area contributed by atoms with Gasteiger partial charge in [0.2, 0.25) is 5.91 Å². The topological polar surface area (TPSA) is 54.3 Å². The zero-order valence-corrected chi connectivity index (χ0v) is 17.8. The highest BCUT2D eigenvalue weighted by molar-refractivity contribution is 6.34. The van der Waals surface area contributed by atoms with Crippen LogP contribution in [0.4, 0.5) is 11.4 Å². The Morgan fingerprint density at radius 3 is 2.48 bits per heavy atom. The molecular weight excluding hydrogens is 409 g/mol. The van der Waals surface area contributed by atoms with Crippen molar-refractivity contribution < 1.29 is 4.79 Å². The highest BCUT2D eigenvalue weighted by Gasteiger charge is 2.31. The maximum absolute atomic E-state index is 13.3. The molecule has 2 heterocycles. The van der Waals surface area contributed by atoms with Crippen molar-refractivity contribution in [1.29, 1.82) is 0 Å². The summed E-state index contributed by atoms with van der Waals surface area (Å²) in [5.41, 5.74) is 2.09. The summed E-state index contributed by atoms with van der Waals surface area (Å²) in [7, 11) is 0. The number of nitrogens with zero attached hydrogens (tertiary/aromatic N) is 5. The second-order valence-electron chi connectivity index (χ2n) is 6.82. The maximum atomic E-state index is 13.3. The number of halogens is 2. The number of benzene rings is 2. The molecule has 1 aromatic heterocycles. The quantitative estimate of drug-likeness (QED) is 0.592. The van der Waals surface area contributed by atoms with Crippen LogP contribution in [0.1, 0.15) is 25.5 Å². The summed E-state index contributed by atoms with van der Waals surface area (Å²) in [6, 6.07) is 12.8. The van der Waals surface area contributed by atoms with Gasteiger partial charge in [-0.3, -0.25) is 19.2 Å². The van der Waals surface area contributed by atoms with Crippen LogP contribution in [0.2, 0.25) is 10.0 Å². The number of anilines is 2. The predicted octanol–water partition coefficient (Wildman–Crippen LogP) is 4.64. The smallest absolute Gasteiger partial charge is 0.239 e. The van der Waals surface area contributed by atoms with Crippen molar-refractivity contribution in [3.63, 3.8) is 0 Å². The van der Waals surface area contributed by atoms with E-state index in [9.17, 15) is 4.79 Å². The summed E-state index contributed by atoms with van der Waals surface area (Å²) in [5, 5.41) is 9.75. The van der Waals surface area contributed by atoms with Crippen molar-refractivity contribution in [2.75, 3.05) is 18.0 Å². The molecule has 1 amide bonds. The number of hydrogen-bond donors (Lipinski definition) is 0. The lowest BCUT2D eigenvalue weighted by Crippen LogP contribution is -2.27. The average Bonchev–Trinajstić information content (AvgIpc) is 3.04. The van der Waals surface area contributed by atoms with Crippen LogP contribution >= 0.6 is 23.2 Å². The summed E-state index contributed by atoms with van der Waals surface area (Å²) >= 11 is 12.8. The van der Waals surface area contributed by atoms with E-state index in [1.165, 1.54) is 0 Å². The molecule has 29 heavy (non-hydrogen) atoms. The van der Waals surface area contributed by atoms with Crippen molar-refractivity contribution >= 4 is 40.5 Å². The SMILES string of the molecule is CCN(CC)Cc1nnc2n1-c1ccc(Cl)cc1N(c1ccccc1Cl)C(=O)C2. The van der Waals surface area contributed by atoms with E-state index >= 15 is 0 Å². The van der Waals surface area contributed by atoms with Gasteiger partial charge in [-0.05, 0) is 43.4 Å². The second kappa shape index (κ2) is 8.14. The van der Waals surface area contributed by atoms with Gasteiger partial charge in [-0.2, -0.15) is 0 Å². The number of rotatable bonds is 5. The summed E-state index contributed by atoms with van der Waals surface area (Å²) in [6.07, 6.45) is 0.114. The van der Waals surface area contributed by atoms with Crippen LogP contribution in [-0.2, 0) is 17.8 Å². The molecule has 0 bridgehead atoms. The van der Waals surface area contributed by atoms with Gasteiger partial charge in [0.25, 0.3) is 0 Å². The molecule has 0 spiro atoms. The van der Waals surface area contributed by atoms with E-state index in [2.05, 4.69) is 28.9 Å². The first kappa shape index (κ1) is 19.9. The van der Waals surface area contributed by atoms with Gasteiger partial charge in [0.15, 0.2) is 5.82 Å². The van der Waals surface area contributed by atoms with Crippen LogP contribution in [0.15, 0.2) is 42.5 Å². The largest absolute Gasteiger partial charge is 0.296 e.